The molecule has 0 unspecified atom stereocenters. The van der Waals surface area contributed by atoms with Gasteiger partial charge in [-0.1, -0.05) is 0 Å². The number of benzene rings is 1. The molecule has 0 bridgehead atoms. The minimum absolute atomic E-state index is 0.107. The molecule has 0 saturated carbocycles. The van der Waals surface area contributed by atoms with Gasteiger partial charge in [-0.25, -0.2) is 0 Å². The maximum Gasteiger partial charge on any atom is 0.303 e. The van der Waals surface area contributed by atoms with Gasteiger partial charge in [-0.05, 0) is 12.1 Å². The molecule has 0 aliphatic carbocycles. The van der Waals surface area contributed by atoms with Crippen molar-refractivity contribution in [3.05, 3.63) is 23.8 Å². The molecule has 0 aliphatic heterocycles. The number of carboxylic acid groups (broad SMARTS) is 1. The first kappa shape index (κ1) is 13.0. The van der Waals surface area contributed by atoms with E-state index in [9.17, 15) is 14.7 Å². The number of aliphatic carboxylic acids is 1. The topological polar surface area (TPSA) is 77.8 Å². The number of phenols is 1. The fourth-order valence-electron chi connectivity index (χ4n) is 1.39. The van der Waals surface area contributed by atoms with Crippen molar-refractivity contribution < 1.29 is 19.8 Å². The first-order valence-electron chi connectivity index (χ1n) is 5.17. The molecule has 0 spiro atoms. The number of carbonyl (C=O) groups excluding carboxylic acids is 1. The molecule has 1 rings (SSSR count). The first-order valence-corrected chi connectivity index (χ1v) is 5.17. The van der Waals surface area contributed by atoms with Gasteiger partial charge in [0.05, 0.1) is 12.0 Å². The van der Waals surface area contributed by atoms with E-state index < -0.39 is 5.97 Å². The number of anilines is 1. The molecule has 5 heteroatoms. The van der Waals surface area contributed by atoms with Crippen LogP contribution in [0.2, 0.25) is 0 Å². The van der Waals surface area contributed by atoms with E-state index in [1.54, 1.807) is 11.0 Å². The van der Waals surface area contributed by atoms with E-state index in [4.69, 9.17) is 5.11 Å². The minimum Gasteiger partial charge on any atom is -0.507 e. The molecule has 0 fully saturated rings. The second-order valence-corrected chi connectivity index (χ2v) is 3.91. The lowest BCUT2D eigenvalue weighted by Crippen LogP contribution is -2.09. The number of Topliss-reactive ketones (excluding diaryl/α,β-unsaturated/α-hetero) is 1. The van der Waals surface area contributed by atoms with Crippen LogP contribution in [0.1, 0.15) is 23.2 Å². The number of ketones is 1. The number of carbonyl (C=O) groups is 2. The van der Waals surface area contributed by atoms with Crippen LogP contribution in [0.5, 0.6) is 5.75 Å². The van der Waals surface area contributed by atoms with E-state index in [0.29, 0.717) is 0 Å². The summed E-state index contributed by atoms with van der Waals surface area (Å²) in [7, 11) is 3.64. The Morgan fingerprint density at radius 3 is 2.35 bits per heavy atom. The van der Waals surface area contributed by atoms with Crippen LogP contribution in [-0.4, -0.2) is 36.1 Å². The van der Waals surface area contributed by atoms with Gasteiger partial charge < -0.3 is 15.1 Å². The molecule has 92 valence electrons. The van der Waals surface area contributed by atoms with Crippen molar-refractivity contribution in [3.8, 4) is 5.75 Å². The van der Waals surface area contributed by atoms with Crippen LogP contribution in [0.25, 0.3) is 0 Å². The van der Waals surface area contributed by atoms with Gasteiger partial charge in [0.25, 0.3) is 0 Å². The quantitative estimate of drug-likeness (QED) is 0.759. The summed E-state index contributed by atoms with van der Waals surface area (Å²) in [5.74, 6) is -1.51. The summed E-state index contributed by atoms with van der Waals surface area (Å²) in [6.07, 6.45) is -0.335. The molecule has 0 amide bonds. The first-order chi connectivity index (χ1) is 7.91. The normalized spacial score (nSPS) is 10.0. The van der Waals surface area contributed by atoms with Crippen molar-refractivity contribution in [2.24, 2.45) is 0 Å². The highest BCUT2D eigenvalue weighted by Crippen LogP contribution is 2.24. The Morgan fingerprint density at radius 1 is 1.24 bits per heavy atom. The Morgan fingerprint density at radius 2 is 1.88 bits per heavy atom. The van der Waals surface area contributed by atoms with E-state index in [1.165, 1.54) is 12.1 Å². The predicted molar refractivity (Wildman–Crippen MR) is 63.6 cm³/mol. The zero-order valence-corrected chi connectivity index (χ0v) is 9.80. The fourth-order valence-corrected chi connectivity index (χ4v) is 1.39. The minimum atomic E-state index is -1.03. The summed E-state index contributed by atoms with van der Waals surface area (Å²) in [5.41, 5.74) is 0.939. The molecule has 0 aromatic heterocycles. The molecule has 17 heavy (non-hydrogen) atoms. The highest BCUT2D eigenvalue weighted by molar-refractivity contribution is 6.00. The molecule has 1 aromatic rings. The van der Waals surface area contributed by atoms with Crippen molar-refractivity contribution in [2.45, 2.75) is 12.8 Å². The highest BCUT2D eigenvalue weighted by Gasteiger charge is 2.13. The Labute approximate surface area is 99.3 Å². The van der Waals surface area contributed by atoms with Gasteiger partial charge in [-0.15, -0.1) is 0 Å². The third-order valence-electron chi connectivity index (χ3n) is 2.36. The molecule has 0 saturated heterocycles. The van der Waals surface area contributed by atoms with Crippen molar-refractivity contribution >= 4 is 17.4 Å². The maximum absolute atomic E-state index is 11.6. The van der Waals surface area contributed by atoms with Crippen molar-refractivity contribution in [3.63, 3.8) is 0 Å². The van der Waals surface area contributed by atoms with E-state index in [2.05, 4.69) is 0 Å². The molecule has 5 nitrogen and oxygen atoms in total. The lowest BCUT2D eigenvalue weighted by Gasteiger charge is -2.13. The summed E-state index contributed by atoms with van der Waals surface area (Å²) in [6.45, 7) is 0. The molecule has 0 aliphatic rings. The summed E-state index contributed by atoms with van der Waals surface area (Å²) in [5, 5.41) is 18.2. The summed E-state index contributed by atoms with van der Waals surface area (Å²) < 4.78 is 0. The number of hydrogen-bond donors (Lipinski definition) is 2. The standard InChI is InChI=1S/C12H15NO4/c1-13(2)8-3-4-9(11(15)7-8)10(14)5-6-12(16)17/h3-4,7,15H,5-6H2,1-2H3,(H,16,17). The summed E-state index contributed by atoms with van der Waals surface area (Å²) >= 11 is 0. The van der Waals surface area contributed by atoms with E-state index in [-0.39, 0.29) is 29.9 Å². The Balaban J connectivity index is 2.85. The molecule has 0 heterocycles. The van der Waals surface area contributed by atoms with Gasteiger partial charge in [0.1, 0.15) is 5.75 Å². The molecular formula is C12H15NO4. The predicted octanol–water partition coefficient (Wildman–Crippen LogP) is 1.51. The molecule has 0 radical (unpaired) electrons. The van der Waals surface area contributed by atoms with Gasteiger partial charge in [0.15, 0.2) is 5.78 Å². The smallest absolute Gasteiger partial charge is 0.303 e. The Bertz CT molecular complexity index is 440. The fraction of sp³-hybridized carbons (Fsp3) is 0.333. The zero-order valence-electron chi connectivity index (χ0n) is 9.80. The monoisotopic (exact) mass is 237 g/mol. The second kappa shape index (κ2) is 5.34. The Kier molecular flexibility index (Phi) is 4.09. The Hall–Kier alpha value is -2.04. The molecular weight excluding hydrogens is 222 g/mol. The average Bonchev–Trinajstić information content (AvgIpc) is 2.25. The number of hydrogen-bond acceptors (Lipinski definition) is 4. The number of aromatic hydroxyl groups is 1. The number of phenolic OH excluding ortho intramolecular Hbond substituents is 1. The van der Waals surface area contributed by atoms with Crippen LogP contribution in [-0.2, 0) is 4.79 Å². The van der Waals surface area contributed by atoms with Crippen LogP contribution in [0, 0.1) is 0 Å². The average molecular weight is 237 g/mol. The lowest BCUT2D eigenvalue weighted by atomic mass is 10.0. The number of nitrogens with zero attached hydrogens (tertiary/aromatic N) is 1. The highest BCUT2D eigenvalue weighted by atomic mass is 16.4. The van der Waals surface area contributed by atoms with Crippen molar-refractivity contribution in [1.29, 1.82) is 0 Å². The van der Waals surface area contributed by atoms with Gasteiger partial charge in [0.2, 0.25) is 0 Å². The third kappa shape index (κ3) is 3.48. The zero-order chi connectivity index (χ0) is 13.0. The SMILES string of the molecule is CN(C)c1ccc(C(=O)CCC(=O)O)c(O)c1. The van der Waals surface area contributed by atoms with Crippen LogP contribution in [0.4, 0.5) is 5.69 Å². The van der Waals surface area contributed by atoms with Crippen LogP contribution in [0.3, 0.4) is 0 Å². The second-order valence-electron chi connectivity index (χ2n) is 3.91. The van der Waals surface area contributed by atoms with E-state index >= 15 is 0 Å². The summed E-state index contributed by atoms with van der Waals surface area (Å²) in [4.78, 5) is 23.8. The lowest BCUT2D eigenvalue weighted by molar-refractivity contribution is -0.136. The molecule has 2 N–H and O–H groups in total. The van der Waals surface area contributed by atoms with E-state index in [0.717, 1.165) is 5.69 Å². The molecule has 1 aromatic carbocycles. The number of carboxylic acids is 1. The van der Waals surface area contributed by atoms with Crippen molar-refractivity contribution in [1.82, 2.24) is 0 Å². The van der Waals surface area contributed by atoms with Crippen molar-refractivity contribution in [2.75, 3.05) is 19.0 Å². The van der Waals surface area contributed by atoms with Gasteiger partial charge >= 0.3 is 5.97 Å². The molecule has 0 atom stereocenters. The van der Waals surface area contributed by atoms with Crippen LogP contribution >= 0.6 is 0 Å². The van der Waals surface area contributed by atoms with E-state index in [1.807, 2.05) is 14.1 Å². The van der Waals surface area contributed by atoms with Crippen LogP contribution < -0.4 is 4.90 Å². The van der Waals surface area contributed by atoms with Crippen LogP contribution in [0.15, 0.2) is 18.2 Å². The maximum atomic E-state index is 11.6. The third-order valence-corrected chi connectivity index (χ3v) is 2.36. The van der Waals surface area contributed by atoms with Gasteiger partial charge in [-0.3, -0.25) is 9.59 Å². The van der Waals surface area contributed by atoms with Gasteiger partial charge in [0, 0.05) is 32.3 Å². The number of rotatable bonds is 5. The summed E-state index contributed by atoms with van der Waals surface area (Å²) in [6, 6.07) is 4.69. The largest absolute Gasteiger partial charge is 0.507 e. The van der Waals surface area contributed by atoms with Gasteiger partial charge in [-0.2, -0.15) is 0 Å².